The molecule has 0 aromatic heterocycles. The van der Waals surface area contributed by atoms with Gasteiger partial charge in [-0.1, -0.05) is 38.5 Å². The molecule has 0 radical (unpaired) electrons. The van der Waals surface area contributed by atoms with Crippen LogP contribution in [0.4, 0.5) is 0 Å². The van der Waals surface area contributed by atoms with Gasteiger partial charge < -0.3 is 0 Å². The molecule has 3 nitrogen and oxygen atoms in total. The second kappa shape index (κ2) is 6.34. The van der Waals surface area contributed by atoms with Gasteiger partial charge in [0.2, 0.25) is 0 Å². The average molecular weight is 302 g/mol. The minimum Gasteiger partial charge on any atom is -0.266 e. The van der Waals surface area contributed by atoms with Crippen LogP contribution in [-0.2, 0) is 14.3 Å². The van der Waals surface area contributed by atoms with Crippen LogP contribution in [0.25, 0.3) is 0 Å². The SMILES string of the molecule is Cc1ccc(S(=O)(=O)OCCP(C)C(C)(C)C)cc1. The molecule has 1 aromatic carbocycles. The van der Waals surface area contributed by atoms with Crippen LogP contribution in [0.1, 0.15) is 26.3 Å². The number of rotatable bonds is 5. The van der Waals surface area contributed by atoms with Gasteiger partial charge in [0.05, 0.1) is 11.5 Å². The molecule has 1 rings (SSSR count). The van der Waals surface area contributed by atoms with Crippen molar-refractivity contribution in [2.45, 2.75) is 37.7 Å². The summed E-state index contributed by atoms with van der Waals surface area (Å²) >= 11 is 0. The molecular weight excluding hydrogens is 279 g/mol. The van der Waals surface area contributed by atoms with Gasteiger partial charge in [-0.05, 0) is 37.0 Å². The predicted molar refractivity (Wildman–Crippen MR) is 81.8 cm³/mol. The Hall–Kier alpha value is -0.440. The Morgan fingerprint density at radius 1 is 1.16 bits per heavy atom. The zero-order valence-electron chi connectivity index (χ0n) is 12.3. The summed E-state index contributed by atoms with van der Waals surface area (Å²) in [6.45, 7) is 10.9. The largest absolute Gasteiger partial charge is 0.296 e. The highest BCUT2D eigenvalue weighted by Crippen LogP contribution is 2.45. The molecular formula is C14H23O3PS. The molecule has 0 fully saturated rings. The Kier molecular flexibility index (Phi) is 5.54. The molecule has 0 aliphatic carbocycles. The van der Waals surface area contributed by atoms with Crippen LogP contribution in [0.5, 0.6) is 0 Å². The van der Waals surface area contributed by atoms with E-state index in [1.54, 1.807) is 24.3 Å². The van der Waals surface area contributed by atoms with Crippen molar-refractivity contribution in [2.75, 3.05) is 19.4 Å². The fourth-order valence-corrected chi connectivity index (χ4v) is 3.46. The summed E-state index contributed by atoms with van der Waals surface area (Å²) in [5.41, 5.74) is 1.03. The predicted octanol–water partition coefficient (Wildman–Crippen LogP) is 3.61. The monoisotopic (exact) mass is 302 g/mol. The van der Waals surface area contributed by atoms with Crippen LogP contribution in [0, 0.1) is 6.92 Å². The molecule has 0 saturated heterocycles. The van der Waals surface area contributed by atoms with Crippen molar-refractivity contribution >= 4 is 18.0 Å². The highest BCUT2D eigenvalue weighted by atomic mass is 32.2. The van der Waals surface area contributed by atoms with Crippen LogP contribution in [-0.4, -0.2) is 33.0 Å². The first-order chi connectivity index (χ1) is 8.63. The van der Waals surface area contributed by atoms with Gasteiger partial charge in [-0.25, -0.2) is 0 Å². The zero-order valence-corrected chi connectivity index (χ0v) is 14.0. The third-order valence-corrected chi connectivity index (χ3v) is 7.59. The summed E-state index contributed by atoms with van der Waals surface area (Å²) in [7, 11) is -3.85. The molecule has 1 unspecified atom stereocenters. The van der Waals surface area contributed by atoms with E-state index < -0.39 is 10.1 Å². The summed E-state index contributed by atoms with van der Waals surface area (Å²) in [4.78, 5) is 0.231. The van der Waals surface area contributed by atoms with Gasteiger partial charge in [0.25, 0.3) is 10.1 Å². The number of hydrogen-bond acceptors (Lipinski definition) is 3. The van der Waals surface area contributed by atoms with Gasteiger partial charge in [-0.15, -0.1) is 7.92 Å². The van der Waals surface area contributed by atoms with E-state index in [-0.39, 0.29) is 24.6 Å². The summed E-state index contributed by atoms with van der Waals surface area (Å²) in [5.74, 6) is 0. The standard InChI is InChI=1S/C14H23O3PS/c1-12-6-8-13(9-7-12)19(15,16)17-10-11-18(5)14(2,3)4/h6-9H,10-11H2,1-5H3. The molecule has 1 atom stereocenters. The topological polar surface area (TPSA) is 43.4 Å². The number of hydrogen-bond donors (Lipinski definition) is 0. The molecule has 0 N–H and O–H groups in total. The Balaban J connectivity index is 2.60. The maximum absolute atomic E-state index is 12.0. The van der Waals surface area contributed by atoms with Gasteiger partial charge in [0.15, 0.2) is 0 Å². The molecule has 0 spiro atoms. The van der Waals surface area contributed by atoms with Gasteiger partial charge >= 0.3 is 0 Å². The van der Waals surface area contributed by atoms with Crippen LogP contribution in [0.3, 0.4) is 0 Å². The summed E-state index contributed by atoms with van der Waals surface area (Å²) in [6.07, 6.45) is 0.796. The van der Waals surface area contributed by atoms with Crippen molar-refractivity contribution in [1.29, 1.82) is 0 Å². The summed E-state index contributed by atoms with van der Waals surface area (Å²) < 4.78 is 29.0. The smallest absolute Gasteiger partial charge is 0.266 e. The lowest BCUT2D eigenvalue weighted by Crippen LogP contribution is -2.16. The van der Waals surface area contributed by atoms with Crippen molar-refractivity contribution in [2.24, 2.45) is 0 Å². The average Bonchev–Trinajstić information content (AvgIpc) is 2.28. The number of benzene rings is 1. The molecule has 108 valence electrons. The first-order valence-electron chi connectivity index (χ1n) is 6.30. The second-order valence-corrected chi connectivity index (χ2v) is 10.5. The maximum atomic E-state index is 12.0. The Labute approximate surface area is 118 Å². The zero-order chi connectivity index (χ0) is 14.7. The van der Waals surface area contributed by atoms with E-state index in [2.05, 4.69) is 27.4 Å². The van der Waals surface area contributed by atoms with Gasteiger partial charge in [-0.2, -0.15) is 8.42 Å². The van der Waals surface area contributed by atoms with E-state index in [0.717, 1.165) is 11.7 Å². The highest BCUT2D eigenvalue weighted by molar-refractivity contribution is 7.86. The molecule has 0 saturated carbocycles. The van der Waals surface area contributed by atoms with Crippen molar-refractivity contribution in [1.82, 2.24) is 0 Å². The summed E-state index contributed by atoms with van der Waals surface area (Å²) in [6, 6.07) is 6.72. The van der Waals surface area contributed by atoms with Gasteiger partial charge in [0.1, 0.15) is 0 Å². The fraction of sp³-hybridized carbons (Fsp3) is 0.571. The van der Waals surface area contributed by atoms with E-state index in [4.69, 9.17) is 4.18 Å². The van der Waals surface area contributed by atoms with Crippen molar-refractivity contribution in [3.8, 4) is 0 Å². The van der Waals surface area contributed by atoms with Crippen molar-refractivity contribution in [3.63, 3.8) is 0 Å². The molecule has 5 heteroatoms. The van der Waals surface area contributed by atoms with E-state index in [1.165, 1.54) is 0 Å². The minimum atomic E-state index is -3.61. The lowest BCUT2D eigenvalue weighted by atomic mass is 10.2. The van der Waals surface area contributed by atoms with E-state index in [0.29, 0.717) is 0 Å². The van der Waals surface area contributed by atoms with Gasteiger partial charge in [-0.3, -0.25) is 4.18 Å². The van der Waals surface area contributed by atoms with Crippen molar-refractivity contribution in [3.05, 3.63) is 29.8 Å². The molecule has 0 aliphatic heterocycles. The van der Waals surface area contributed by atoms with Crippen LogP contribution in [0.15, 0.2) is 29.2 Å². The lowest BCUT2D eigenvalue weighted by Gasteiger charge is -2.27. The van der Waals surface area contributed by atoms with Crippen LogP contribution in [0.2, 0.25) is 0 Å². The van der Waals surface area contributed by atoms with E-state index in [1.807, 2.05) is 6.92 Å². The molecule has 0 amide bonds. The molecule has 1 aromatic rings. The van der Waals surface area contributed by atoms with E-state index in [9.17, 15) is 8.42 Å². The lowest BCUT2D eigenvalue weighted by molar-refractivity contribution is 0.340. The number of aryl methyl sites for hydroxylation is 1. The third kappa shape index (κ3) is 5.21. The molecule has 0 heterocycles. The van der Waals surface area contributed by atoms with E-state index >= 15 is 0 Å². The van der Waals surface area contributed by atoms with Crippen molar-refractivity contribution < 1.29 is 12.6 Å². The minimum absolute atomic E-state index is 0.228. The fourth-order valence-electron chi connectivity index (χ4n) is 1.39. The molecule has 19 heavy (non-hydrogen) atoms. The first-order valence-corrected chi connectivity index (χ1v) is 9.68. The molecule has 0 bridgehead atoms. The Bertz CT molecular complexity index is 500. The van der Waals surface area contributed by atoms with Gasteiger partial charge in [0, 0.05) is 0 Å². The normalized spacial score (nSPS) is 14.4. The quantitative estimate of drug-likeness (QED) is 0.616. The highest BCUT2D eigenvalue weighted by Gasteiger charge is 2.21. The first kappa shape index (κ1) is 16.6. The molecule has 0 aliphatic rings. The maximum Gasteiger partial charge on any atom is 0.296 e. The Morgan fingerprint density at radius 3 is 2.16 bits per heavy atom. The Morgan fingerprint density at radius 2 is 1.68 bits per heavy atom. The van der Waals surface area contributed by atoms with Crippen LogP contribution < -0.4 is 0 Å². The van der Waals surface area contributed by atoms with Crippen LogP contribution >= 0.6 is 7.92 Å². The second-order valence-electron chi connectivity index (χ2n) is 5.68. The summed E-state index contributed by atoms with van der Waals surface area (Å²) in [5, 5.41) is 0.228. The third-order valence-electron chi connectivity index (χ3n) is 3.12.